The molecule has 2 aromatic rings. The fourth-order valence-electron chi connectivity index (χ4n) is 2.96. The van der Waals surface area contributed by atoms with E-state index in [2.05, 4.69) is 17.2 Å². The van der Waals surface area contributed by atoms with Crippen LogP contribution in [0, 0.1) is 11.8 Å². The molecule has 0 aliphatic carbocycles. The Morgan fingerprint density at radius 3 is 2.48 bits per heavy atom. The summed E-state index contributed by atoms with van der Waals surface area (Å²) in [7, 11) is 1.45. The quantitative estimate of drug-likeness (QED) is 0.582. The minimum Gasteiger partial charge on any atom is -0.496 e. The molecule has 6 nitrogen and oxygen atoms in total. The molecule has 33 heavy (non-hydrogen) atoms. The van der Waals surface area contributed by atoms with Gasteiger partial charge >= 0.3 is 12.1 Å². The van der Waals surface area contributed by atoms with E-state index in [9.17, 15) is 27.9 Å². The van der Waals surface area contributed by atoms with Crippen LogP contribution in [0.4, 0.5) is 13.2 Å². The van der Waals surface area contributed by atoms with Gasteiger partial charge in [0.15, 0.2) is 6.10 Å². The lowest BCUT2D eigenvalue weighted by Crippen LogP contribution is -2.29. The van der Waals surface area contributed by atoms with Crippen LogP contribution >= 0.6 is 0 Å². The molecule has 0 bridgehead atoms. The molecule has 0 heterocycles. The van der Waals surface area contributed by atoms with E-state index in [4.69, 9.17) is 9.47 Å². The molecular weight excluding hydrogens is 439 g/mol. The molecule has 1 unspecified atom stereocenters. The zero-order chi connectivity index (χ0) is 24.6. The number of ether oxygens (including phenoxy) is 2. The Balaban J connectivity index is 2.10. The summed E-state index contributed by atoms with van der Waals surface area (Å²) >= 11 is 0. The Bertz CT molecular complexity index is 1050. The number of carbonyl (C=O) groups excluding carboxylic acids is 1. The summed E-state index contributed by atoms with van der Waals surface area (Å²) in [6.07, 6.45) is -5.67. The molecular formula is C24H24F3NO5. The van der Waals surface area contributed by atoms with Crippen molar-refractivity contribution in [3.05, 3.63) is 64.7 Å². The van der Waals surface area contributed by atoms with Crippen LogP contribution in [0.15, 0.2) is 42.5 Å². The molecule has 1 atom stereocenters. The Morgan fingerprint density at radius 2 is 1.88 bits per heavy atom. The molecule has 0 saturated carbocycles. The normalized spacial score (nSPS) is 12.0. The lowest BCUT2D eigenvalue weighted by Gasteiger charge is -2.17. The number of rotatable bonds is 8. The van der Waals surface area contributed by atoms with Crippen LogP contribution in [0.5, 0.6) is 5.75 Å². The molecule has 2 rings (SSSR count). The van der Waals surface area contributed by atoms with Gasteiger partial charge in [-0.25, -0.2) is 4.79 Å². The SMILES string of the molecule is COc1ccc(CC(OC(C)C)C(=O)O)cc1CNC(=O)C#Cc1cccc(C(F)(F)F)c1. The fourth-order valence-corrected chi connectivity index (χ4v) is 2.96. The summed E-state index contributed by atoms with van der Waals surface area (Å²) in [6.45, 7) is 3.51. The summed E-state index contributed by atoms with van der Waals surface area (Å²) < 4.78 is 49.1. The van der Waals surface area contributed by atoms with Crippen molar-refractivity contribution in [1.82, 2.24) is 5.32 Å². The van der Waals surface area contributed by atoms with Crippen molar-refractivity contribution in [1.29, 1.82) is 0 Å². The van der Waals surface area contributed by atoms with Crippen molar-refractivity contribution in [3.63, 3.8) is 0 Å². The standard InChI is InChI=1S/C24H24F3NO5/c1-15(2)33-21(23(30)31)13-17-7-9-20(32-3)18(11-17)14-28-22(29)10-8-16-5-4-6-19(12-16)24(25,26)27/h4-7,9,11-12,15,21H,13-14H2,1-3H3,(H,28,29)(H,30,31). The minimum atomic E-state index is -4.50. The van der Waals surface area contributed by atoms with Crippen molar-refractivity contribution in [3.8, 4) is 17.6 Å². The van der Waals surface area contributed by atoms with Gasteiger partial charge in [-0.2, -0.15) is 13.2 Å². The summed E-state index contributed by atoms with van der Waals surface area (Å²) in [4.78, 5) is 23.5. The van der Waals surface area contributed by atoms with Crippen LogP contribution in [-0.2, 0) is 33.5 Å². The lowest BCUT2D eigenvalue weighted by atomic mass is 10.0. The Morgan fingerprint density at radius 1 is 1.15 bits per heavy atom. The first-order valence-electron chi connectivity index (χ1n) is 10.0. The molecule has 2 N–H and O–H groups in total. The number of benzene rings is 2. The van der Waals surface area contributed by atoms with Gasteiger partial charge in [-0.15, -0.1) is 0 Å². The lowest BCUT2D eigenvalue weighted by molar-refractivity contribution is -0.153. The molecule has 0 fully saturated rings. The van der Waals surface area contributed by atoms with Crippen molar-refractivity contribution < 1.29 is 37.3 Å². The largest absolute Gasteiger partial charge is 0.496 e. The van der Waals surface area contributed by atoms with Crippen LogP contribution < -0.4 is 10.1 Å². The number of methoxy groups -OCH3 is 1. The summed E-state index contributed by atoms with van der Waals surface area (Å²) in [5.41, 5.74) is 0.461. The predicted molar refractivity (Wildman–Crippen MR) is 115 cm³/mol. The molecule has 9 heteroatoms. The highest BCUT2D eigenvalue weighted by Crippen LogP contribution is 2.29. The van der Waals surface area contributed by atoms with Crippen LogP contribution in [0.2, 0.25) is 0 Å². The van der Waals surface area contributed by atoms with E-state index in [1.165, 1.54) is 19.2 Å². The topological polar surface area (TPSA) is 84.9 Å². The summed E-state index contributed by atoms with van der Waals surface area (Å²) in [5, 5.41) is 11.9. The highest BCUT2D eigenvalue weighted by atomic mass is 19.4. The zero-order valence-corrected chi connectivity index (χ0v) is 18.3. The van der Waals surface area contributed by atoms with Gasteiger partial charge in [0.25, 0.3) is 5.91 Å². The van der Waals surface area contributed by atoms with Crippen LogP contribution in [0.1, 0.15) is 36.1 Å². The second-order valence-electron chi connectivity index (χ2n) is 7.37. The Kier molecular flexibility index (Phi) is 8.88. The molecule has 176 valence electrons. The van der Waals surface area contributed by atoms with Gasteiger partial charge in [-0.05, 0) is 43.7 Å². The number of hydrogen-bond donors (Lipinski definition) is 2. The zero-order valence-electron chi connectivity index (χ0n) is 18.3. The van der Waals surface area contributed by atoms with Gasteiger partial charge in [0.1, 0.15) is 5.75 Å². The number of halogens is 3. The third-order valence-electron chi connectivity index (χ3n) is 4.43. The van der Waals surface area contributed by atoms with Gasteiger partial charge in [-0.3, -0.25) is 4.79 Å². The number of carbonyl (C=O) groups is 2. The van der Waals surface area contributed by atoms with Gasteiger partial charge in [0.2, 0.25) is 0 Å². The maximum atomic E-state index is 12.8. The van der Waals surface area contributed by atoms with E-state index < -0.39 is 29.7 Å². The van der Waals surface area contributed by atoms with Crippen LogP contribution in [0.25, 0.3) is 0 Å². The number of carboxylic acids is 1. The van der Waals surface area contributed by atoms with E-state index in [0.717, 1.165) is 12.1 Å². The average molecular weight is 463 g/mol. The molecule has 0 aliphatic heterocycles. The third kappa shape index (κ3) is 8.16. The number of hydrogen-bond acceptors (Lipinski definition) is 4. The van der Waals surface area contributed by atoms with E-state index in [1.54, 1.807) is 32.0 Å². The van der Waals surface area contributed by atoms with E-state index >= 15 is 0 Å². The highest BCUT2D eigenvalue weighted by Gasteiger charge is 2.30. The number of aliphatic carboxylic acids is 1. The summed E-state index contributed by atoms with van der Waals surface area (Å²) in [5.74, 6) is 3.38. The second-order valence-corrected chi connectivity index (χ2v) is 7.37. The maximum Gasteiger partial charge on any atom is 0.416 e. The van der Waals surface area contributed by atoms with Crippen molar-refractivity contribution in [2.45, 2.75) is 45.2 Å². The number of alkyl halides is 3. The Labute approximate surface area is 189 Å². The van der Waals surface area contributed by atoms with E-state index in [-0.39, 0.29) is 24.6 Å². The van der Waals surface area contributed by atoms with Crippen molar-refractivity contribution >= 4 is 11.9 Å². The van der Waals surface area contributed by atoms with Gasteiger partial charge in [0.05, 0.1) is 18.8 Å². The van der Waals surface area contributed by atoms with Gasteiger partial charge in [0, 0.05) is 30.0 Å². The number of nitrogens with one attached hydrogen (secondary N) is 1. The van der Waals surface area contributed by atoms with Crippen molar-refractivity contribution in [2.75, 3.05) is 7.11 Å². The maximum absolute atomic E-state index is 12.8. The van der Waals surface area contributed by atoms with Crippen LogP contribution in [-0.4, -0.2) is 36.3 Å². The third-order valence-corrected chi connectivity index (χ3v) is 4.43. The molecule has 0 spiro atoms. The molecule has 0 aliphatic rings. The second kappa shape index (κ2) is 11.4. The number of amides is 1. The predicted octanol–water partition coefficient (Wildman–Crippen LogP) is 3.80. The fraction of sp³-hybridized carbons (Fsp3) is 0.333. The smallest absolute Gasteiger partial charge is 0.416 e. The van der Waals surface area contributed by atoms with Crippen LogP contribution in [0.3, 0.4) is 0 Å². The monoisotopic (exact) mass is 463 g/mol. The molecule has 1 amide bonds. The van der Waals surface area contributed by atoms with E-state index in [1.807, 2.05) is 0 Å². The Hall–Kier alpha value is -3.51. The van der Waals surface area contributed by atoms with Gasteiger partial charge < -0.3 is 19.9 Å². The first-order valence-corrected chi connectivity index (χ1v) is 10.0. The first kappa shape index (κ1) is 25.7. The van der Waals surface area contributed by atoms with Gasteiger partial charge in [-0.1, -0.05) is 24.1 Å². The molecule has 2 aromatic carbocycles. The number of carboxylic acid groups (broad SMARTS) is 1. The van der Waals surface area contributed by atoms with Crippen molar-refractivity contribution in [2.24, 2.45) is 0 Å². The van der Waals surface area contributed by atoms with E-state index in [0.29, 0.717) is 16.9 Å². The first-order chi connectivity index (χ1) is 15.5. The summed E-state index contributed by atoms with van der Waals surface area (Å²) in [6, 6.07) is 9.43. The average Bonchev–Trinajstić information content (AvgIpc) is 2.75. The minimum absolute atomic E-state index is 0.0237. The molecule has 0 radical (unpaired) electrons. The molecule has 0 saturated heterocycles. The highest BCUT2D eigenvalue weighted by molar-refractivity contribution is 5.94. The molecule has 0 aromatic heterocycles.